The van der Waals surface area contributed by atoms with Crippen molar-refractivity contribution in [3.63, 3.8) is 0 Å². The van der Waals surface area contributed by atoms with Crippen LogP contribution < -0.4 is 5.32 Å². The molecule has 3 rings (SSSR count). The smallest absolute Gasteiger partial charge is 0.264 e. The first kappa shape index (κ1) is 26.2. The van der Waals surface area contributed by atoms with Crippen molar-refractivity contribution in [2.75, 3.05) is 18.1 Å². The lowest BCUT2D eigenvalue weighted by Crippen LogP contribution is -2.43. The lowest BCUT2D eigenvalue weighted by Gasteiger charge is -2.24. The molecule has 1 aliphatic heterocycles. The number of halogens is 2. The summed E-state index contributed by atoms with van der Waals surface area (Å²) in [6.07, 6.45) is 0.155. The van der Waals surface area contributed by atoms with Crippen molar-refractivity contribution in [2.24, 2.45) is 0 Å². The average Bonchev–Trinajstić information content (AvgIpc) is 3.23. The zero-order chi connectivity index (χ0) is 25.3. The van der Waals surface area contributed by atoms with Crippen molar-refractivity contribution < 1.29 is 34.6 Å². The summed E-state index contributed by atoms with van der Waals surface area (Å²) in [7, 11) is -7.80. The van der Waals surface area contributed by atoms with Gasteiger partial charge in [0.25, 0.3) is 10.1 Å². The molecule has 0 aliphatic carbocycles. The van der Waals surface area contributed by atoms with E-state index in [1.54, 1.807) is 12.1 Å². The molecule has 0 spiro atoms. The number of hydrogen-bond donors (Lipinski definition) is 1. The van der Waals surface area contributed by atoms with Crippen LogP contribution in [0.5, 0.6) is 0 Å². The summed E-state index contributed by atoms with van der Waals surface area (Å²) in [6, 6.07) is 7.18. The molecule has 0 aromatic heterocycles. The highest BCUT2D eigenvalue weighted by Gasteiger charge is 2.39. The number of carbonyl (C=O) groups excluding carboxylic acids is 1. The Kier molecular flexibility index (Phi) is 7.75. The number of benzene rings is 2. The second kappa shape index (κ2) is 10.1. The molecule has 0 unspecified atom stereocenters. The maximum atomic E-state index is 14.6. The predicted molar refractivity (Wildman–Crippen MR) is 122 cm³/mol. The van der Waals surface area contributed by atoms with E-state index in [2.05, 4.69) is 5.32 Å². The molecule has 0 saturated carbocycles. The fourth-order valence-corrected chi connectivity index (χ4v) is 6.20. The van der Waals surface area contributed by atoms with Crippen LogP contribution in [0.15, 0.2) is 41.3 Å². The highest BCUT2D eigenvalue weighted by atomic mass is 32.2. The van der Waals surface area contributed by atoms with Gasteiger partial charge in [0.2, 0.25) is 15.9 Å². The number of aryl methyl sites for hydroxylation is 1. The largest absolute Gasteiger partial charge is 0.324 e. The molecule has 12 heteroatoms. The molecular weight excluding hydrogens is 490 g/mol. The molecular formula is C22H26F2N2O6S2. The van der Waals surface area contributed by atoms with Gasteiger partial charge in [-0.05, 0) is 51.0 Å². The molecule has 8 nitrogen and oxygen atoms in total. The summed E-state index contributed by atoms with van der Waals surface area (Å²) in [6.45, 7) is 3.33. The number of nitrogens with zero attached hydrogens (tertiary/aromatic N) is 1. The van der Waals surface area contributed by atoms with E-state index in [-0.39, 0.29) is 35.5 Å². The number of carbonyl (C=O) groups is 1. The van der Waals surface area contributed by atoms with Gasteiger partial charge < -0.3 is 5.32 Å². The molecule has 2 aromatic carbocycles. The van der Waals surface area contributed by atoms with Crippen molar-refractivity contribution in [3.8, 4) is 0 Å². The van der Waals surface area contributed by atoms with Crippen molar-refractivity contribution in [2.45, 2.75) is 50.2 Å². The van der Waals surface area contributed by atoms with Gasteiger partial charge in [-0.1, -0.05) is 17.7 Å². The van der Waals surface area contributed by atoms with Crippen LogP contribution in [0.2, 0.25) is 0 Å². The quantitative estimate of drug-likeness (QED) is 0.541. The molecule has 0 radical (unpaired) electrons. The number of rotatable bonds is 8. The first-order valence-electron chi connectivity index (χ1n) is 10.5. The summed E-state index contributed by atoms with van der Waals surface area (Å²) in [4.78, 5) is 13.1. The van der Waals surface area contributed by atoms with Crippen molar-refractivity contribution in [3.05, 3.63) is 59.2 Å². The van der Waals surface area contributed by atoms with Gasteiger partial charge >= 0.3 is 0 Å². The molecule has 2 aromatic rings. The number of hydrogen-bond acceptors (Lipinski definition) is 6. The van der Waals surface area contributed by atoms with Crippen LogP contribution in [-0.4, -0.2) is 52.0 Å². The van der Waals surface area contributed by atoms with Gasteiger partial charge in [0.05, 0.1) is 17.3 Å². The van der Waals surface area contributed by atoms with Crippen molar-refractivity contribution >= 4 is 31.7 Å². The molecule has 1 aliphatic rings. The predicted octanol–water partition coefficient (Wildman–Crippen LogP) is 2.97. The van der Waals surface area contributed by atoms with Crippen LogP contribution >= 0.6 is 0 Å². The number of anilines is 1. The normalized spacial score (nSPS) is 18.1. The number of nitrogens with one attached hydrogen (secondary N) is 1. The van der Waals surface area contributed by atoms with Crippen molar-refractivity contribution in [1.29, 1.82) is 0 Å². The second-order valence-electron chi connectivity index (χ2n) is 8.28. The van der Waals surface area contributed by atoms with E-state index < -0.39 is 49.8 Å². The highest BCUT2D eigenvalue weighted by molar-refractivity contribution is 7.89. The van der Waals surface area contributed by atoms with Gasteiger partial charge in [0.1, 0.15) is 6.04 Å². The van der Waals surface area contributed by atoms with E-state index in [1.165, 1.54) is 19.1 Å². The first-order valence-corrected chi connectivity index (χ1v) is 13.8. The molecule has 0 bridgehead atoms. The Morgan fingerprint density at radius 2 is 1.79 bits per heavy atom. The Bertz CT molecular complexity index is 1280. The maximum Gasteiger partial charge on any atom is 0.264 e. The Labute approximate surface area is 198 Å². The number of sulfonamides is 1. The zero-order valence-corrected chi connectivity index (χ0v) is 20.5. The Morgan fingerprint density at radius 1 is 1.15 bits per heavy atom. The monoisotopic (exact) mass is 516 g/mol. The second-order valence-corrected chi connectivity index (χ2v) is 11.8. The lowest BCUT2D eigenvalue weighted by atomic mass is 10.0. The summed E-state index contributed by atoms with van der Waals surface area (Å²) in [5.74, 6) is -3.13. The molecule has 1 amide bonds. The highest BCUT2D eigenvalue weighted by Crippen LogP contribution is 2.29. The SMILES string of the molecule is Cc1ccc(S(=O)(=O)N2CCC[C@H]2C(=O)Nc2ccc(F)c(F)c2C[C@@H](C)OS(C)(=O)=O)cc1. The van der Waals surface area contributed by atoms with Crippen LogP contribution in [-0.2, 0) is 35.5 Å². The molecule has 1 saturated heterocycles. The topological polar surface area (TPSA) is 110 Å². The van der Waals surface area contributed by atoms with Gasteiger partial charge in [-0.3, -0.25) is 8.98 Å². The fraction of sp³-hybridized carbons (Fsp3) is 0.409. The summed E-state index contributed by atoms with van der Waals surface area (Å²) in [5, 5.41) is 2.49. The third-order valence-corrected chi connectivity index (χ3v) is 8.02. The summed E-state index contributed by atoms with van der Waals surface area (Å²) in [5.41, 5.74) is 0.512. The number of amides is 1. The minimum absolute atomic E-state index is 0.0538. The van der Waals surface area contributed by atoms with Crippen LogP contribution in [0, 0.1) is 18.6 Å². The summed E-state index contributed by atoms with van der Waals surface area (Å²) < 4.78 is 83.3. The van der Waals surface area contributed by atoms with Gasteiger partial charge in [0, 0.05) is 24.2 Å². The Balaban J connectivity index is 1.86. The van der Waals surface area contributed by atoms with Gasteiger partial charge in [-0.2, -0.15) is 12.7 Å². The fourth-order valence-electron chi connectivity index (χ4n) is 3.88. The van der Waals surface area contributed by atoms with Gasteiger partial charge in [0.15, 0.2) is 11.6 Å². The Hall–Kier alpha value is -2.41. The third kappa shape index (κ3) is 5.98. The lowest BCUT2D eigenvalue weighted by molar-refractivity contribution is -0.119. The van der Waals surface area contributed by atoms with Gasteiger partial charge in [-0.15, -0.1) is 0 Å². The minimum Gasteiger partial charge on any atom is -0.324 e. The average molecular weight is 517 g/mol. The van der Waals surface area contributed by atoms with E-state index in [0.717, 1.165) is 28.3 Å². The van der Waals surface area contributed by atoms with E-state index >= 15 is 0 Å². The van der Waals surface area contributed by atoms with Crippen LogP contribution in [0.25, 0.3) is 0 Å². The molecule has 1 N–H and O–H groups in total. The minimum atomic E-state index is -3.95. The molecule has 186 valence electrons. The molecule has 1 fully saturated rings. The Morgan fingerprint density at radius 3 is 2.41 bits per heavy atom. The van der Waals surface area contributed by atoms with Crippen molar-refractivity contribution in [1.82, 2.24) is 4.31 Å². The van der Waals surface area contributed by atoms with E-state index in [1.807, 2.05) is 6.92 Å². The van der Waals surface area contributed by atoms with Gasteiger partial charge in [-0.25, -0.2) is 17.2 Å². The molecule has 34 heavy (non-hydrogen) atoms. The van der Waals surface area contributed by atoms with E-state index in [4.69, 9.17) is 4.18 Å². The van der Waals surface area contributed by atoms with Crippen LogP contribution in [0.1, 0.15) is 30.9 Å². The molecule has 2 atom stereocenters. The standard InChI is InChI=1S/C22H26F2N2O6S2/c1-14-6-8-16(9-7-14)34(30,31)26-12-4-5-20(26)22(27)25-19-11-10-18(23)21(24)17(19)13-15(2)32-33(3,28)29/h6-11,15,20H,4-5,12-13H2,1-3H3,(H,25,27)/t15-,20+/m1/s1. The van der Waals surface area contributed by atoms with E-state index in [9.17, 15) is 30.4 Å². The summed E-state index contributed by atoms with van der Waals surface area (Å²) >= 11 is 0. The van der Waals surface area contributed by atoms with E-state index in [0.29, 0.717) is 6.42 Å². The van der Waals surface area contributed by atoms with Crippen LogP contribution in [0.4, 0.5) is 14.5 Å². The third-order valence-electron chi connectivity index (χ3n) is 5.42. The maximum absolute atomic E-state index is 14.6. The van der Waals surface area contributed by atoms with Crippen LogP contribution in [0.3, 0.4) is 0 Å². The zero-order valence-electron chi connectivity index (χ0n) is 18.9. The molecule has 1 heterocycles. The first-order chi connectivity index (χ1) is 15.8.